The van der Waals surface area contributed by atoms with Gasteiger partial charge in [0, 0.05) is 12.5 Å². The molecule has 1 N–H and O–H groups in total. The highest BCUT2D eigenvalue weighted by Crippen LogP contribution is 2.33. The predicted octanol–water partition coefficient (Wildman–Crippen LogP) is 3.01. The monoisotopic (exact) mass is 267 g/mol. The molecule has 0 aliphatic rings. The number of carboxylic acid groups (broad SMARTS) is 1. The Morgan fingerprint density at radius 1 is 1.50 bits per heavy atom. The SMILES string of the molecule is COc1ccc(-c2nc(C)oc2C(=O)O)c(Cl)c1. The number of hydrogen-bond acceptors (Lipinski definition) is 4. The van der Waals surface area contributed by atoms with Gasteiger partial charge in [-0.25, -0.2) is 9.78 Å². The number of halogens is 1. The molecule has 2 rings (SSSR count). The summed E-state index contributed by atoms with van der Waals surface area (Å²) in [7, 11) is 1.52. The van der Waals surface area contributed by atoms with Crippen molar-refractivity contribution in [3.8, 4) is 17.0 Å². The van der Waals surface area contributed by atoms with Crippen LogP contribution in [0.4, 0.5) is 0 Å². The van der Waals surface area contributed by atoms with Crippen LogP contribution >= 0.6 is 11.6 Å². The highest BCUT2D eigenvalue weighted by atomic mass is 35.5. The van der Waals surface area contributed by atoms with Crippen LogP contribution in [-0.2, 0) is 0 Å². The molecule has 2 aromatic rings. The Labute approximate surface area is 108 Å². The highest BCUT2D eigenvalue weighted by molar-refractivity contribution is 6.33. The Bertz CT molecular complexity index is 606. The molecule has 1 aromatic carbocycles. The molecule has 6 heteroatoms. The molecule has 0 aliphatic carbocycles. The van der Waals surface area contributed by atoms with Gasteiger partial charge in [0.1, 0.15) is 11.4 Å². The second-order valence-corrected chi connectivity index (χ2v) is 3.97. The van der Waals surface area contributed by atoms with Crippen LogP contribution in [0.15, 0.2) is 22.6 Å². The Morgan fingerprint density at radius 2 is 2.22 bits per heavy atom. The minimum Gasteiger partial charge on any atom is -0.497 e. The van der Waals surface area contributed by atoms with Crippen LogP contribution in [-0.4, -0.2) is 23.2 Å². The maximum Gasteiger partial charge on any atom is 0.374 e. The number of oxazole rings is 1. The van der Waals surface area contributed by atoms with Crippen molar-refractivity contribution >= 4 is 17.6 Å². The average Bonchev–Trinajstić information content (AvgIpc) is 2.71. The van der Waals surface area contributed by atoms with Crippen LogP contribution in [0.3, 0.4) is 0 Å². The Balaban J connectivity index is 2.58. The Kier molecular flexibility index (Phi) is 3.25. The molecular formula is C12H10ClNO4. The number of aryl methyl sites for hydroxylation is 1. The standard InChI is InChI=1S/C12H10ClNO4/c1-6-14-10(11(18-6)12(15)16)8-4-3-7(17-2)5-9(8)13/h3-5H,1-2H3,(H,15,16). The topological polar surface area (TPSA) is 72.6 Å². The molecule has 5 nitrogen and oxygen atoms in total. The molecule has 1 heterocycles. The maximum atomic E-state index is 11.0. The third-order valence-electron chi connectivity index (χ3n) is 2.36. The number of ether oxygens (including phenoxy) is 1. The van der Waals surface area contributed by atoms with Gasteiger partial charge in [-0.1, -0.05) is 11.6 Å². The lowest BCUT2D eigenvalue weighted by atomic mass is 10.1. The molecule has 0 saturated carbocycles. The van der Waals surface area contributed by atoms with Crippen LogP contribution in [0.5, 0.6) is 5.75 Å². The van der Waals surface area contributed by atoms with Crippen molar-refractivity contribution in [2.24, 2.45) is 0 Å². The van der Waals surface area contributed by atoms with Crippen molar-refractivity contribution in [1.82, 2.24) is 4.98 Å². The summed E-state index contributed by atoms with van der Waals surface area (Å²) in [5, 5.41) is 9.38. The lowest BCUT2D eigenvalue weighted by Crippen LogP contribution is -1.97. The van der Waals surface area contributed by atoms with Gasteiger partial charge in [0.15, 0.2) is 5.89 Å². The maximum absolute atomic E-state index is 11.0. The van der Waals surface area contributed by atoms with Crippen LogP contribution < -0.4 is 4.74 Å². The summed E-state index contributed by atoms with van der Waals surface area (Å²) in [6.07, 6.45) is 0. The summed E-state index contributed by atoms with van der Waals surface area (Å²) >= 11 is 6.07. The quantitative estimate of drug-likeness (QED) is 0.925. The smallest absolute Gasteiger partial charge is 0.374 e. The Hall–Kier alpha value is -2.01. The van der Waals surface area contributed by atoms with Gasteiger partial charge in [-0.3, -0.25) is 0 Å². The number of aromatic nitrogens is 1. The van der Waals surface area contributed by atoms with Crippen LogP contribution in [0.2, 0.25) is 5.02 Å². The summed E-state index contributed by atoms with van der Waals surface area (Å²) in [6.45, 7) is 1.58. The summed E-state index contributed by atoms with van der Waals surface area (Å²) in [6, 6.07) is 4.91. The zero-order chi connectivity index (χ0) is 13.3. The number of aromatic carboxylic acids is 1. The summed E-state index contributed by atoms with van der Waals surface area (Å²) in [5.74, 6) is -0.549. The number of hydrogen-bond donors (Lipinski definition) is 1. The van der Waals surface area contributed by atoms with Crippen molar-refractivity contribution in [2.75, 3.05) is 7.11 Å². The second kappa shape index (κ2) is 4.70. The van der Waals surface area contributed by atoms with Crippen LogP contribution in [0.25, 0.3) is 11.3 Å². The van der Waals surface area contributed by atoms with Gasteiger partial charge in [-0.15, -0.1) is 0 Å². The third-order valence-corrected chi connectivity index (χ3v) is 2.67. The number of methoxy groups -OCH3 is 1. The van der Waals surface area contributed by atoms with Gasteiger partial charge in [0.2, 0.25) is 5.76 Å². The fourth-order valence-corrected chi connectivity index (χ4v) is 1.83. The van der Waals surface area contributed by atoms with Crippen molar-refractivity contribution in [1.29, 1.82) is 0 Å². The first kappa shape index (κ1) is 12.4. The fourth-order valence-electron chi connectivity index (χ4n) is 1.57. The Morgan fingerprint density at radius 3 is 2.78 bits per heavy atom. The summed E-state index contributed by atoms with van der Waals surface area (Å²) in [4.78, 5) is 15.1. The minimum absolute atomic E-state index is 0.215. The van der Waals surface area contributed by atoms with E-state index in [1.165, 1.54) is 7.11 Å². The van der Waals surface area contributed by atoms with Gasteiger partial charge in [0.05, 0.1) is 12.1 Å². The lowest BCUT2D eigenvalue weighted by Gasteiger charge is -2.04. The normalized spacial score (nSPS) is 10.4. The van der Waals surface area contributed by atoms with E-state index in [2.05, 4.69) is 4.98 Å². The molecule has 1 aromatic heterocycles. The summed E-state index contributed by atoms with van der Waals surface area (Å²) < 4.78 is 10.1. The number of carbonyl (C=O) groups is 1. The first-order valence-corrected chi connectivity index (χ1v) is 5.45. The number of nitrogens with zero attached hydrogens (tertiary/aromatic N) is 1. The molecule has 0 saturated heterocycles. The molecular weight excluding hydrogens is 258 g/mol. The van der Waals surface area contributed by atoms with Crippen LogP contribution in [0.1, 0.15) is 16.4 Å². The average molecular weight is 268 g/mol. The molecule has 0 bridgehead atoms. The molecule has 0 amide bonds. The number of carboxylic acids is 1. The van der Waals surface area contributed by atoms with E-state index in [-0.39, 0.29) is 17.3 Å². The second-order valence-electron chi connectivity index (χ2n) is 3.56. The van der Waals surface area contributed by atoms with Crippen molar-refractivity contribution in [3.63, 3.8) is 0 Å². The van der Waals surface area contributed by atoms with Crippen molar-refractivity contribution in [2.45, 2.75) is 6.92 Å². The van der Waals surface area contributed by atoms with Gasteiger partial charge >= 0.3 is 5.97 Å². The fraction of sp³-hybridized carbons (Fsp3) is 0.167. The first-order chi connectivity index (χ1) is 8.52. The van der Waals surface area contributed by atoms with E-state index in [0.717, 1.165) is 0 Å². The number of benzene rings is 1. The van der Waals surface area contributed by atoms with E-state index < -0.39 is 5.97 Å². The third kappa shape index (κ3) is 2.17. The van der Waals surface area contributed by atoms with E-state index in [0.29, 0.717) is 16.3 Å². The predicted molar refractivity (Wildman–Crippen MR) is 65.2 cm³/mol. The van der Waals surface area contributed by atoms with E-state index >= 15 is 0 Å². The van der Waals surface area contributed by atoms with Gasteiger partial charge in [-0.2, -0.15) is 0 Å². The van der Waals surface area contributed by atoms with Gasteiger partial charge in [0.25, 0.3) is 0 Å². The molecule has 0 fully saturated rings. The van der Waals surface area contributed by atoms with Crippen molar-refractivity contribution in [3.05, 3.63) is 34.9 Å². The van der Waals surface area contributed by atoms with E-state index in [4.69, 9.17) is 25.9 Å². The molecule has 94 valence electrons. The van der Waals surface area contributed by atoms with E-state index in [1.807, 2.05) is 0 Å². The van der Waals surface area contributed by atoms with Gasteiger partial charge < -0.3 is 14.3 Å². The zero-order valence-electron chi connectivity index (χ0n) is 9.73. The largest absolute Gasteiger partial charge is 0.497 e. The molecule has 0 unspecified atom stereocenters. The van der Waals surface area contributed by atoms with Crippen molar-refractivity contribution < 1.29 is 19.1 Å². The van der Waals surface area contributed by atoms with Gasteiger partial charge in [-0.05, 0) is 18.2 Å². The molecule has 0 spiro atoms. The lowest BCUT2D eigenvalue weighted by molar-refractivity contribution is 0.0662. The molecule has 0 aliphatic heterocycles. The zero-order valence-corrected chi connectivity index (χ0v) is 10.5. The van der Waals surface area contributed by atoms with Crippen LogP contribution in [0, 0.1) is 6.92 Å². The summed E-state index contributed by atoms with van der Waals surface area (Å²) in [5.41, 5.74) is 0.708. The molecule has 18 heavy (non-hydrogen) atoms. The molecule has 0 atom stereocenters. The minimum atomic E-state index is -1.18. The first-order valence-electron chi connectivity index (χ1n) is 5.07. The highest BCUT2D eigenvalue weighted by Gasteiger charge is 2.21. The van der Waals surface area contributed by atoms with E-state index in [1.54, 1.807) is 25.1 Å². The molecule has 0 radical (unpaired) electrons. The van der Waals surface area contributed by atoms with E-state index in [9.17, 15) is 4.79 Å². The number of rotatable bonds is 3.